The quantitative estimate of drug-likeness (QED) is 0.758. The van der Waals surface area contributed by atoms with Crippen LogP contribution >= 0.6 is 0 Å². The van der Waals surface area contributed by atoms with Crippen molar-refractivity contribution in [3.05, 3.63) is 53.6 Å². The standard InChI is InChI=1S/C11H8N2O3/c14-10(9-2-1-4-13-9)7-3-5-12-6-8(7)11(15)16/h1-6,13H,(H,15,16). The van der Waals surface area contributed by atoms with Crippen molar-refractivity contribution in [2.45, 2.75) is 0 Å². The number of pyridine rings is 1. The Kier molecular flexibility index (Phi) is 2.51. The van der Waals surface area contributed by atoms with Gasteiger partial charge < -0.3 is 10.1 Å². The molecule has 2 N–H and O–H groups in total. The second-order valence-corrected chi connectivity index (χ2v) is 3.14. The molecule has 5 heteroatoms. The Morgan fingerprint density at radius 1 is 1.25 bits per heavy atom. The molecule has 0 spiro atoms. The lowest BCUT2D eigenvalue weighted by atomic mass is 10.0. The molecule has 0 aliphatic rings. The second kappa shape index (κ2) is 3.98. The summed E-state index contributed by atoms with van der Waals surface area (Å²) in [6.07, 6.45) is 4.16. The lowest BCUT2D eigenvalue weighted by molar-refractivity contribution is 0.0692. The number of carbonyl (C=O) groups excluding carboxylic acids is 1. The highest BCUT2D eigenvalue weighted by Gasteiger charge is 2.18. The van der Waals surface area contributed by atoms with Gasteiger partial charge in [0.2, 0.25) is 5.78 Å². The summed E-state index contributed by atoms with van der Waals surface area (Å²) in [5, 5.41) is 8.91. The van der Waals surface area contributed by atoms with Gasteiger partial charge in [0.1, 0.15) is 0 Å². The van der Waals surface area contributed by atoms with Crippen LogP contribution in [0.25, 0.3) is 0 Å². The highest BCUT2D eigenvalue weighted by atomic mass is 16.4. The molecular weight excluding hydrogens is 208 g/mol. The summed E-state index contributed by atoms with van der Waals surface area (Å²) >= 11 is 0. The molecule has 2 aromatic rings. The van der Waals surface area contributed by atoms with E-state index in [1.165, 1.54) is 18.5 Å². The predicted octanol–water partition coefficient (Wildman–Crippen LogP) is 1.34. The fraction of sp³-hybridized carbons (Fsp3) is 0. The molecule has 0 atom stereocenters. The van der Waals surface area contributed by atoms with Crippen molar-refractivity contribution in [2.75, 3.05) is 0 Å². The van der Waals surface area contributed by atoms with Crippen LogP contribution in [0.3, 0.4) is 0 Å². The summed E-state index contributed by atoms with van der Waals surface area (Å²) in [7, 11) is 0. The maximum Gasteiger partial charge on any atom is 0.338 e. The van der Waals surface area contributed by atoms with Crippen molar-refractivity contribution in [1.82, 2.24) is 9.97 Å². The number of carboxylic acid groups (broad SMARTS) is 1. The number of H-pyrrole nitrogens is 1. The molecule has 0 saturated carbocycles. The van der Waals surface area contributed by atoms with Crippen LogP contribution in [-0.4, -0.2) is 26.8 Å². The van der Waals surface area contributed by atoms with Crippen LogP contribution in [0, 0.1) is 0 Å². The Morgan fingerprint density at radius 3 is 2.69 bits per heavy atom. The van der Waals surface area contributed by atoms with Gasteiger partial charge in [-0.2, -0.15) is 0 Å². The van der Waals surface area contributed by atoms with Crippen LogP contribution in [-0.2, 0) is 0 Å². The van der Waals surface area contributed by atoms with Crippen LogP contribution in [0.2, 0.25) is 0 Å². The molecule has 0 bridgehead atoms. The fourth-order valence-electron chi connectivity index (χ4n) is 1.38. The summed E-state index contributed by atoms with van der Waals surface area (Å²) in [4.78, 5) is 29.2. The third-order valence-electron chi connectivity index (χ3n) is 2.14. The first-order valence-electron chi connectivity index (χ1n) is 4.55. The predicted molar refractivity (Wildman–Crippen MR) is 55.4 cm³/mol. The van der Waals surface area contributed by atoms with Gasteiger partial charge in [-0.3, -0.25) is 9.78 Å². The molecule has 2 aromatic heterocycles. The number of aromatic amines is 1. The van der Waals surface area contributed by atoms with Gasteiger partial charge in [0, 0.05) is 24.2 Å². The molecule has 5 nitrogen and oxygen atoms in total. The smallest absolute Gasteiger partial charge is 0.338 e. The molecule has 0 radical (unpaired) electrons. The molecule has 0 unspecified atom stereocenters. The van der Waals surface area contributed by atoms with Crippen molar-refractivity contribution < 1.29 is 14.7 Å². The first kappa shape index (κ1) is 10.1. The molecule has 2 heterocycles. The van der Waals surface area contributed by atoms with E-state index in [-0.39, 0.29) is 16.9 Å². The SMILES string of the molecule is O=C(O)c1cnccc1C(=O)c1ccc[nH]1. The number of hydrogen-bond donors (Lipinski definition) is 2. The Hall–Kier alpha value is -2.43. The van der Waals surface area contributed by atoms with E-state index >= 15 is 0 Å². The minimum absolute atomic E-state index is 0.0953. The first-order chi connectivity index (χ1) is 7.70. The Balaban J connectivity index is 2.49. The Bertz CT molecular complexity index is 532. The molecule has 0 aliphatic heterocycles. The largest absolute Gasteiger partial charge is 0.478 e. The van der Waals surface area contributed by atoms with Crippen molar-refractivity contribution >= 4 is 11.8 Å². The topological polar surface area (TPSA) is 83.0 Å². The van der Waals surface area contributed by atoms with E-state index in [9.17, 15) is 9.59 Å². The molecule has 0 fully saturated rings. The van der Waals surface area contributed by atoms with Gasteiger partial charge in [-0.05, 0) is 18.2 Å². The molecule has 16 heavy (non-hydrogen) atoms. The Labute approximate surface area is 90.8 Å². The van der Waals surface area contributed by atoms with Gasteiger partial charge >= 0.3 is 5.97 Å². The second-order valence-electron chi connectivity index (χ2n) is 3.14. The molecule has 0 amide bonds. The number of carboxylic acids is 1. The zero-order valence-corrected chi connectivity index (χ0v) is 8.18. The van der Waals surface area contributed by atoms with Crippen LogP contribution in [0.15, 0.2) is 36.8 Å². The van der Waals surface area contributed by atoms with E-state index < -0.39 is 5.97 Å². The number of aromatic nitrogens is 2. The highest BCUT2D eigenvalue weighted by Crippen LogP contribution is 2.12. The summed E-state index contributed by atoms with van der Waals surface area (Å²) in [6.45, 7) is 0. The minimum atomic E-state index is -1.16. The number of aromatic carboxylic acids is 1. The summed E-state index contributed by atoms with van der Waals surface area (Å²) < 4.78 is 0. The van der Waals surface area contributed by atoms with E-state index in [1.807, 2.05) is 0 Å². The molecule has 2 rings (SSSR count). The first-order valence-corrected chi connectivity index (χ1v) is 4.55. The van der Waals surface area contributed by atoms with Gasteiger partial charge in [-0.1, -0.05) is 0 Å². The van der Waals surface area contributed by atoms with E-state index in [1.54, 1.807) is 18.3 Å². The number of carbonyl (C=O) groups is 2. The van der Waals surface area contributed by atoms with Gasteiger partial charge in [0.25, 0.3) is 0 Å². The van der Waals surface area contributed by atoms with Crippen LogP contribution in [0.1, 0.15) is 26.4 Å². The van der Waals surface area contributed by atoms with Gasteiger partial charge in [0.15, 0.2) is 0 Å². The average molecular weight is 216 g/mol. The van der Waals surface area contributed by atoms with Gasteiger partial charge in [0.05, 0.1) is 11.3 Å². The van der Waals surface area contributed by atoms with Gasteiger partial charge in [-0.25, -0.2) is 4.79 Å². The number of hydrogen-bond acceptors (Lipinski definition) is 3. The van der Waals surface area contributed by atoms with Crippen LogP contribution < -0.4 is 0 Å². The van der Waals surface area contributed by atoms with Crippen molar-refractivity contribution in [1.29, 1.82) is 0 Å². The van der Waals surface area contributed by atoms with Gasteiger partial charge in [-0.15, -0.1) is 0 Å². The van der Waals surface area contributed by atoms with Crippen molar-refractivity contribution in [2.24, 2.45) is 0 Å². The summed E-state index contributed by atoms with van der Waals surface area (Å²) in [5.41, 5.74) is 0.390. The van der Waals surface area contributed by atoms with E-state index in [2.05, 4.69) is 9.97 Å². The maximum absolute atomic E-state index is 11.9. The lowest BCUT2D eigenvalue weighted by Crippen LogP contribution is -2.10. The normalized spacial score (nSPS) is 10.0. The molecule has 80 valence electrons. The van der Waals surface area contributed by atoms with E-state index in [0.29, 0.717) is 5.69 Å². The Morgan fingerprint density at radius 2 is 2.06 bits per heavy atom. The fourth-order valence-corrected chi connectivity index (χ4v) is 1.38. The number of nitrogens with zero attached hydrogens (tertiary/aromatic N) is 1. The molecule has 0 saturated heterocycles. The average Bonchev–Trinajstić information content (AvgIpc) is 2.81. The zero-order chi connectivity index (χ0) is 11.5. The maximum atomic E-state index is 11.9. The summed E-state index contributed by atoms with van der Waals surface area (Å²) in [5.74, 6) is -1.52. The van der Waals surface area contributed by atoms with E-state index in [0.717, 1.165) is 0 Å². The number of ketones is 1. The minimum Gasteiger partial charge on any atom is -0.478 e. The summed E-state index contributed by atoms with van der Waals surface area (Å²) in [6, 6.07) is 4.66. The van der Waals surface area contributed by atoms with Crippen LogP contribution in [0.5, 0.6) is 0 Å². The van der Waals surface area contributed by atoms with Crippen molar-refractivity contribution in [3.8, 4) is 0 Å². The number of rotatable bonds is 3. The molecule has 0 aliphatic carbocycles. The van der Waals surface area contributed by atoms with Crippen LogP contribution in [0.4, 0.5) is 0 Å². The van der Waals surface area contributed by atoms with Crippen molar-refractivity contribution in [3.63, 3.8) is 0 Å². The monoisotopic (exact) mass is 216 g/mol. The lowest BCUT2D eigenvalue weighted by Gasteiger charge is -2.02. The molecular formula is C11H8N2O3. The van der Waals surface area contributed by atoms with E-state index in [4.69, 9.17) is 5.11 Å². The number of nitrogens with one attached hydrogen (secondary N) is 1. The highest BCUT2D eigenvalue weighted by molar-refractivity contribution is 6.13. The molecule has 0 aromatic carbocycles. The zero-order valence-electron chi connectivity index (χ0n) is 8.18. The third-order valence-corrected chi connectivity index (χ3v) is 2.14. The third kappa shape index (κ3) is 1.70.